The minimum atomic E-state index is 0.284. The van der Waals surface area contributed by atoms with Crippen LogP contribution in [0.3, 0.4) is 0 Å². The predicted octanol–water partition coefficient (Wildman–Crippen LogP) is 6.36. The third-order valence-electron chi connectivity index (χ3n) is 5.03. The van der Waals surface area contributed by atoms with Gasteiger partial charge >= 0.3 is 0 Å². The zero-order valence-corrected chi connectivity index (χ0v) is 15.9. The molecule has 2 heteroatoms. The number of hydrogen-bond acceptors (Lipinski definition) is 2. The summed E-state index contributed by atoms with van der Waals surface area (Å²) in [7, 11) is 0. The van der Waals surface area contributed by atoms with Gasteiger partial charge in [0.05, 0.1) is 0 Å². The third-order valence-corrected chi connectivity index (χ3v) is 6.14. The first kappa shape index (κ1) is 17.4. The first-order chi connectivity index (χ1) is 12.9. The Morgan fingerprint density at radius 1 is 0.577 bits per heavy atom. The first-order valence-electron chi connectivity index (χ1n) is 9.53. The molecule has 1 fully saturated rings. The van der Waals surface area contributed by atoms with E-state index < -0.39 is 0 Å². The summed E-state index contributed by atoms with van der Waals surface area (Å²) in [6.07, 6.45) is 4.04. The molecule has 3 aromatic carbocycles. The van der Waals surface area contributed by atoms with E-state index in [2.05, 4.69) is 89.2 Å². The van der Waals surface area contributed by atoms with Crippen molar-refractivity contribution >= 4 is 11.9 Å². The Balaban J connectivity index is 1.59. The second kappa shape index (κ2) is 8.57. The molecule has 0 atom stereocenters. The summed E-state index contributed by atoms with van der Waals surface area (Å²) in [5.41, 5.74) is 4.04. The van der Waals surface area contributed by atoms with Gasteiger partial charge in [0.1, 0.15) is 0 Å². The maximum absolute atomic E-state index is 2.50. The van der Waals surface area contributed by atoms with Crippen LogP contribution in [0.25, 0.3) is 0 Å². The number of rotatable bonds is 5. The topological polar surface area (TPSA) is 3.24 Å². The quantitative estimate of drug-likeness (QED) is 0.385. The lowest BCUT2D eigenvalue weighted by Crippen LogP contribution is -2.22. The molecule has 1 aliphatic rings. The van der Waals surface area contributed by atoms with Gasteiger partial charge < -0.3 is 0 Å². The van der Waals surface area contributed by atoms with Crippen LogP contribution in [0.4, 0.5) is 0 Å². The van der Waals surface area contributed by atoms with E-state index in [9.17, 15) is 0 Å². The van der Waals surface area contributed by atoms with Gasteiger partial charge in [-0.15, -0.1) is 0 Å². The second-order valence-corrected chi connectivity index (χ2v) is 8.07. The van der Waals surface area contributed by atoms with Gasteiger partial charge in [-0.2, -0.15) is 0 Å². The molecule has 0 aromatic heterocycles. The molecule has 132 valence electrons. The fourth-order valence-corrected chi connectivity index (χ4v) is 4.69. The van der Waals surface area contributed by atoms with Crippen LogP contribution in [-0.4, -0.2) is 17.4 Å². The van der Waals surface area contributed by atoms with E-state index in [0.717, 1.165) is 0 Å². The fraction of sp³-hybridized carbons (Fsp3) is 0.250. The highest BCUT2D eigenvalue weighted by molar-refractivity contribution is 7.97. The van der Waals surface area contributed by atoms with E-state index in [1.54, 1.807) is 0 Å². The number of hydrogen-bond donors (Lipinski definition) is 0. The van der Waals surface area contributed by atoms with Crippen LogP contribution in [0.5, 0.6) is 0 Å². The van der Waals surface area contributed by atoms with Gasteiger partial charge in [-0.05, 0) is 53.6 Å². The van der Waals surface area contributed by atoms with Crippen molar-refractivity contribution in [2.75, 3.05) is 13.1 Å². The molecular formula is C24H25NS. The van der Waals surface area contributed by atoms with Gasteiger partial charge in [0.25, 0.3) is 0 Å². The molecule has 1 aliphatic heterocycles. The van der Waals surface area contributed by atoms with Crippen LogP contribution >= 0.6 is 11.9 Å². The minimum Gasteiger partial charge on any atom is -0.246 e. The Morgan fingerprint density at radius 3 is 1.62 bits per heavy atom. The molecule has 1 saturated heterocycles. The maximum atomic E-state index is 2.50. The van der Waals surface area contributed by atoms with Crippen molar-refractivity contribution in [3.63, 3.8) is 0 Å². The average Bonchev–Trinajstić information content (AvgIpc) is 2.72. The highest BCUT2D eigenvalue weighted by atomic mass is 32.2. The van der Waals surface area contributed by atoms with Gasteiger partial charge in [0.15, 0.2) is 0 Å². The molecule has 0 bridgehead atoms. The van der Waals surface area contributed by atoms with Gasteiger partial charge in [0.2, 0.25) is 0 Å². The first-order valence-corrected chi connectivity index (χ1v) is 10.3. The summed E-state index contributed by atoms with van der Waals surface area (Å²) >= 11 is 1.91. The Labute approximate surface area is 161 Å². The fourth-order valence-electron chi connectivity index (χ4n) is 3.69. The van der Waals surface area contributed by atoms with Crippen molar-refractivity contribution < 1.29 is 0 Å². The Bertz CT molecular complexity index is 753. The molecule has 0 saturated carbocycles. The molecule has 0 amide bonds. The SMILES string of the molecule is c1ccc(C(c2ccccc2)c2ccc(SN3CCCCC3)cc2)cc1. The molecule has 0 radical (unpaired) electrons. The summed E-state index contributed by atoms with van der Waals surface area (Å²) in [4.78, 5) is 1.34. The monoisotopic (exact) mass is 359 g/mol. The zero-order valence-electron chi connectivity index (χ0n) is 15.1. The minimum absolute atomic E-state index is 0.284. The van der Waals surface area contributed by atoms with Crippen molar-refractivity contribution in [2.45, 2.75) is 30.1 Å². The highest BCUT2D eigenvalue weighted by Crippen LogP contribution is 2.33. The van der Waals surface area contributed by atoms with Gasteiger partial charge in [-0.3, -0.25) is 0 Å². The average molecular weight is 360 g/mol. The maximum Gasteiger partial charge on any atom is 0.0340 e. The summed E-state index contributed by atoms with van der Waals surface area (Å²) in [6.45, 7) is 2.42. The van der Waals surface area contributed by atoms with Crippen molar-refractivity contribution in [1.29, 1.82) is 0 Å². The highest BCUT2D eigenvalue weighted by Gasteiger charge is 2.17. The molecule has 1 nitrogen and oxygen atoms in total. The van der Waals surface area contributed by atoms with Crippen LogP contribution in [0, 0.1) is 0 Å². The molecule has 1 heterocycles. The van der Waals surface area contributed by atoms with Gasteiger partial charge in [-0.1, -0.05) is 79.2 Å². The van der Waals surface area contributed by atoms with E-state index in [1.165, 1.54) is 53.9 Å². The number of benzene rings is 3. The van der Waals surface area contributed by atoms with Crippen molar-refractivity contribution in [3.8, 4) is 0 Å². The smallest absolute Gasteiger partial charge is 0.0340 e. The number of nitrogens with zero attached hydrogens (tertiary/aromatic N) is 1. The van der Waals surface area contributed by atoms with Crippen LogP contribution in [0.2, 0.25) is 0 Å². The molecular weight excluding hydrogens is 334 g/mol. The second-order valence-electron chi connectivity index (χ2n) is 6.90. The van der Waals surface area contributed by atoms with Crippen LogP contribution in [0.15, 0.2) is 89.8 Å². The predicted molar refractivity (Wildman–Crippen MR) is 112 cm³/mol. The Kier molecular flexibility index (Phi) is 5.73. The van der Waals surface area contributed by atoms with Crippen molar-refractivity contribution in [3.05, 3.63) is 102 Å². The summed E-state index contributed by atoms with van der Waals surface area (Å²) in [6, 6.07) is 30.8. The van der Waals surface area contributed by atoms with Gasteiger partial charge in [-0.25, -0.2) is 4.31 Å². The summed E-state index contributed by atoms with van der Waals surface area (Å²) in [5.74, 6) is 0.284. The van der Waals surface area contributed by atoms with Crippen LogP contribution in [-0.2, 0) is 0 Å². The molecule has 0 N–H and O–H groups in total. The van der Waals surface area contributed by atoms with E-state index in [-0.39, 0.29) is 5.92 Å². The van der Waals surface area contributed by atoms with Crippen LogP contribution < -0.4 is 0 Å². The third kappa shape index (κ3) is 4.20. The standard InChI is InChI=1S/C24H25NS/c1-4-10-20(11-5-1)24(21-12-6-2-7-13-21)22-14-16-23(17-15-22)26-25-18-8-3-9-19-25/h1-2,4-7,10-17,24H,3,8-9,18-19H2. The summed E-state index contributed by atoms with van der Waals surface area (Å²) in [5, 5.41) is 0. The molecule has 0 spiro atoms. The lowest BCUT2D eigenvalue weighted by atomic mass is 9.85. The summed E-state index contributed by atoms with van der Waals surface area (Å²) < 4.78 is 2.50. The van der Waals surface area contributed by atoms with Crippen molar-refractivity contribution in [1.82, 2.24) is 4.31 Å². The Hall–Kier alpha value is -2.03. The molecule has 26 heavy (non-hydrogen) atoms. The largest absolute Gasteiger partial charge is 0.246 e. The van der Waals surface area contributed by atoms with E-state index in [1.807, 2.05) is 11.9 Å². The van der Waals surface area contributed by atoms with E-state index in [4.69, 9.17) is 0 Å². The lowest BCUT2D eigenvalue weighted by molar-refractivity contribution is 0.380. The molecule has 0 aliphatic carbocycles. The normalized spacial score (nSPS) is 15.3. The molecule has 3 aromatic rings. The lowest BCUT2D eigenvalue weighted by Gasteiger charge is -2.25. The van der Waals surface area contributed by atoms with E-state index in [0.29, 0.717) is 0 Å². The molecule has 4 rings (SSSR count). The Morgan fingerprint density at radius 2 is 1.08 bits per heavy atom. The molecule has 0 unspecified atom stereocenters. The van der Waals surface area contributed by atoms with Crippen LogP contribution in [0.1, 0.15) is 41.9 Å². The number of piperidine rings is 1. The van der Waals surface area contributed by atoms with Crippen molar-refractivity contribution in [2.24, 2.45) is 0 Å². The van der Waals surface area contributed by atoms with E-state index >= 15 is 0 Å². The zero-order chi connectivity index (χ0) is 17.6. The van der Waals surface area contributed by atoms with Gasteiger partial charge in [0, 0.05) is 23.9 Å².